The van der Waals surface area contributed by atoms with Gasteiger partial charge in [-0.3, -0.25) is 15.1 Å². The second-order valence-electron chi connectivity index (χ2n) is 7.36. The van der Waals surface area contributed by atoms with Gasteiger partial charge in [-0.15, -0.1) is 11.3 Å². The molecule has 1 saturated heterocycles. The van der Waals surface area contributed by atoms with Crippen LogP contribution in [0.5, 0.6) is 0 Å². The molecule has 1 aliphatic heterocycles. The van der Waals surface area contributed by atoms with Crippen LogP contribution in [0.4, 0.5) is 11.4 Å². The van der Waals surface area contributed by atoms with Crippen molar-refractivity contribution >= 4 is 51.8 Å². The first-order valence-electron chi connectivity index (χ1n) is 10.2. The molecular formula is C24H18N4O2S3. The molecular weight excluding hydrogens is 472 g/mol. The number of thiocarbonyl (C=S) groups is 1. The van der Waals surface area contributed by atoms with Gasteiger partial charge in [0.25, 0.3) is 5.69 Å². The van der Waals surface area contributed by atoms with Gasteiger partial charge < -0.3 is 10.2 Å². The number of rotatable bonds is 6. The fourth-order valence-electron chi connectivity index (χ4n) is 3.83. The molecule has 2 aromatic heterocycles. The average molecular weight is 491 g/mol. The number of nitro benzene ring substituents is 1. The highest BCUT2D eigenvalue weighted by molar-refractivity contribution is 7.99. The summed E-state index contributed by atoms with van der Waals surface area (Å²) in [5.41, 5.74) is 2.04. The van der Waals surface area contributed by atoms with Crippen molar-refractivity contribution in [3.05, 3.63) is 111 Å². The van der Waals surface area contributed by atoms with Gasteiger partial charge >= 0.3 is 0 Å². The van der Waals surface area contributed by atoms with Crippen LogP contribution in [-0.2, 0) is 0 Å². The average Bonchev–Trinajstić information content (AvgIpc) is 3.48. The molecule has 2 atom stereocenters. The number of nitrogens with one attached hydrogen (secondary N) is 1. The van der Waals surface area contributed by atoms with E-state index in [4.69, 9.17) is 12.2 Å². The van der Waals surface area contributed by atoms with E-state index in [-0.39, 0.29) is 17.8 Å². The third-order valence-electron chi connectivity index (χ3n) is 5.33. The van der Waals surface area contributed by atoms with Gasteiger partial charge in [-0.05, 0) is 72.2 Å². The van der Waals surface area contributed by atoms with Gasteiger partial charge in [0.1, 0.15) is 0 Å². The number of nitrogens with zero attached hydrogens (tertiary/aromatic N) is 3. The Bertz CT molecular complexity index is 1260. The largest absolute Gasteiger partial charge is 0.351 e. The lowest BCUT2D eigenvalue weighted by atomic mass is 10.0. The van der Waals surface area contributed by atoms with Crippen LogP contribution in [0.15, 0.2) is 100 Å². The highest BCUT2D eigenvalue weighted by atomic mass is 32.2. The number of nitro groups is 1. The van der Waals surface area contributed by atoms with Crippen LogP contribution < -0.4 is 10.2 Å². The van der Waals surface area contributed by atoms with Crippen molar-refractivity contribution in [1.82, 2.24) is 10.3 Å². The molecule has 0 spiro atoms. The third kappa shape index (κ3) is 4.47. The third-order valence-corrected chi connectivity index (χ3v) is 7.60. The molecule has 1 aliphatic rings. The van der Waals surface area contributed by atoms with E-state index >= 15 is 0 Å². The predicted octanol–water partition coefficient (Wildman–Crippen LogP) is 6.38. The van der Waals surface area contributed by atoms with Crippen LogP contribution in [0.25, 0.3) is 0 Å². The molecule has 33 heavy (non-hydrogen) atoms. The minimum absolute atomic E-state index is 0.000533. The van der Waals surface area contributed by atoms with E-state index in [2.05, 4.69) is 44.8 Å². The van der Waals surface area contributed by atoms with Crippen LogP contribution in [0.3, 0.4) is 0 Å². The minimum Gasteiger partial charge on any atom is -0.351 e. The van der Waals surface area contributed by atoms with Gasteiger partial charge in [0.15, 0.2) is 5.11 Å². The van der Waals surface area contributed by atoms with Crippen LogP contribution in [-0.4, -0.2) is 15.0 Å². The number of benzene rings is 2. The summed E-state index contributed by atoms with van der Waals surface area (Å²) in [5, 5.41) is 17.1. The molecule has 2 aromatic carbocycles. The normalized spacial score (nSPS) is 17.7. The Hall–Kier alpha value is -3.27. The maximum absolute atomic E-state index is 10.9. The van der Waals surface area contributed by atoms with Gasteiger partial charge in [-0.1, -0.05) is 23.9 Å². The van der Waals surface area contributed by atoms with Crippen molar-refractivity contribution < 1.29 is 4.92 Å². The highest BCUT2D eigenvalue weighted by Gasteiger charge is 2.41. The molecule has 9 heteroatoms. The number of anilines is 1. The SMILES string of the molecule is O=[N+]([O-])c1ccc(Sc2ccc(N3C(=S)NC(c4ccccn4)C3c3cccs3)cc2)cc1. The lowest BCUT2D eigenvalue weighted by molar-refractivity contribution is -0.384. The van der Waals surface area contributed by atoms with Crippen molar-refractivity contribution in [3.8, 4) is 0 Å². The molecule has 1 N–H and O–H groups in total. The molecule has 164 valence electrons. The fraction of sp³-hybridized carbons (Fsp3) is 0.0833. The number of aromatic nitrogens is 1. The topological polar surface area (TPSA) is 71.3 Å². The monoisotopic (exact) mass is 490 g/mol. The molecule has 0 aliphatic carbocycles. The summed E-state index contributed by atoms with van der Waals surface area (Å²) in [6.07, 6.45) is 1.80. The van der Waals surface area contributed by atoms with Crippen LogP contribution in [0.2, 0.25) is 0 Å². The van der Waals surface area contributed by atoms with E-state index in [0.717, 1.165) is 21.2 Å². The van der Waals surface area contributed by atoms with Gasteiger partial charge in [0, 0.05) is 38.7 Å². The lowest BCUT2D eigenvalue weighted by Crippen LogP contribution is -2.28. The van der Waals surface area contributed by atoms with E-state index in [0.29, 0.717) is 5.11 Å². The van der Waals surface area contributed by atoms with E-state index in [9.17, 15) is 10.1 Å². The summed E-state index contributed by atoms with van der Waals surface area (Å²) in [4.78, 5) is 20.4. The van der Waals surface area contributed by atoms with E-state index < -0.39 is 4.92 Å². The van der Waals surface area contributed by atoms with Gasteiger partial charge in [0.05, 0.1) is 22.7 Å². The zero-order valence-electron chi connectivity index (χ0n) is 17.2. The van der Waals surface area contributed by atoms with Gasteiger partial charge in [-0.2, -0.15) is 0 Å². The van der Waals surface area contributed by atoms with E-state index in [1.54, 1.807) is 41.4 Å². The lowest BCUT2D eigenvalue weighted by Gasteiger charge is -2.27. The van der Waals surface area contributed by atoms with Crippen molar-refractivity contribution in [3.63, 3.8) is 0 Å². The molecule has 1 fully saturated rings. The van der Waals surface area contributed by atoms with Crippen LogP contribution >= 0.6 is 35.3 Å². The smallest absolute Gasteiger partial charge is 0.269 e. The number of hydrogen-bond acceptors (Lipinski definition) is 6. The Labute approximate surface area is 204 Å². The summed E-state index contributed by atoms with van der Waals surface area (Å²) in [6.45, 7) is 0. The Kier molecular flexibility index (Phi) is 6.08. The number of non-ortho nitro benzene ring substituents is 1. The second kappa shape index (κ2) is 9.30. The standard InChI is InChI=1S/C24H18N4O2S3/c29-28(30)17-8-12-19(13-9-17)33-18-10-6-16(7-11-18)27-23(21-5-3-15-32-21)22(26-24(27)31)20-4-1-2-14-25-20/h1-15,22-23H,(H,26,31). The first-order valence-corrected chi connectivity index (χ1v) is 12.3. The Morgan fingerprint density at radius 3 is 2.33 bits per heavy atom. The van der Waals surface area contributed by atoms with E-state index in [1.807, 2.05) is 30.3 Å². The molecule has 0 saturated carbocycles. The Morgan fingerprint density at radius 2 is 1.73 bits per heavy atom. The zero-order valence-corrected chi connectivity index (χ0v) is 19.6. The molecule has 0 bridgehead atoms. The summed E-state index contributed by atoms with van der Waals surface area (Å²) >= 11 is 9.02. The van der Waals surface area contributed by atoms with Crippen molar-refractivity contribution in [2.24, 2.45) is 0 Å². The van der Waals surface area contributed by atoms with Crippen molar-refractivity contribution in [1.29, 1.82) is 0 Å². The number of pyridine rings is 1. The van der Waals surface area contributed by atoms with Crippen LogP contribution in [0.1, 0.15) is 22.7 Å². The number of thiophene rings is 1. The molecule has 0 radical (unpaired) electrons. The number of hydrogen-bond donors (Lipinski definition) is 1. The van der Waals surface area contributed by atoms with E-state index in [1.165, 1.54) is 17.0 Å². The first-order chi connectivity index (χ1) is 16.1. The predicted molar refractivity (Wildman–Crippen MR) is 136 cm³/mol. The molecule has 2 unspecified atom stereocenters. The molecule has 3 heterocycles. The molecule has 4 aromatic rings. The summed E-state index contributed by atoms with van der Waals surface area (Å²) in [6, 6.07) is 24.8. The molecule has 0 amide bonds. The summed E-state index contributed by atoms with van der Waals surface area (Å²) in [5.74, 6) is 0. The second-order valence-corrected chi connectivity index (χ2v) is 9.87. The Balaban J connectivity index is 1.41. The minimum atomic E-state index is -0.390. The molecule has 5 rings (SSSR count). The maximum Gasteiger partial charge on any atom is 0.269 e. The zero-order chi connectivity index (χ0) is 22.8. The summed E-state index contributed by atoms with van der Waals surface area (Å²) < 4.78 is 0. The van der Waals surface area contributed by atoms with Gasteiger partial charge in [0.2, 0.25) is 0 Å². The van der Waals surface area contributed by atoms with Crippen molar-refractivity contribution in [2.45, 2.75) is 21.9 Å². The fourth-order valence-corrected chi connectivity index (χ4v) is 5.84. The maximum atomic E-state index is 10.9. The first kappa shape index (κ1) is 21.6. The van der Waals surface area contributed by atoms with Gasteiger partial charge in [-0.25, -0.2) is 0 Å². The summed E-state index contributed by atoms with van der Waals surface area (Å²) in [7, 11) is 0. The highest BCUT2D eigenvalue weighted by Crippen LogP contribution is 2.43. The molecule has 6 nitrogen and oxygen atoms in total. The van der Waals surface area contributed by atoms with Crippen molar-refractivity contribution in [2.75, 3.05) is 4.90 Å². The quantitative estimate of drug-likeness (QED) is 0.191. The van der Waals surface area contributed by atoms with Crippen LogP contribution in [0, 0.1) is 10.1 Å². The Morgan fingerprint density at radius 1 is 1.00 bits per heavy atom.